The Morgan fingerprint density at radius 1 is 1.43 bits per heavy atom. The maximum absolute atomic E-state index is 4.44. The van der Waals surface area contributed by atoms with Crippen LogP contribution in [-0.2, 0) is 0 Å². The van der Waals surface area contributed by atoms with E-state index >= 15 is 0 Å². The number of hydrogen-bond donors (Lipinski definition) is 1. The number of aromatic nitrogens is 2. The monoisotopic (exact) mass is 205 g/mol. The first-order chi connectivity index (χ1) is 6.90. The summed E-state index contributed by atoms with van der Waals surface area (Å²) in [4.78, 5) is 8.58. The highest BCUT2D eigenvalue weighted by Crippen LogP contribution is 2.19. The fraction of sp³-hybridized carbons (Fsp3) is 0.200. The van der Waals surface area contributed by atoms with Crippen molar-refractivity contribution in [3.63, 3.8) is 0 Å². The van der Waals surface area contributed by atoms with E-state index in [1.54, 1.807) is 23.7 Å². The molecule has 4 heteroatoms. The first kappa shape index (κ1) is 9.15. The van der Waals surface area contributed by atoms with Gasteiger partial charge >= 0.3 is 0 Å². The van der Waals surface area contributed by atoms with Gasteiger partial charge in [-0.2, -0.15) is 11.3 Å². The highest BCUT2D eigenvalue weighted by molar-refractivity contribution is 7.08. The molecule has 0 aliphatic heterocycles. The summed E-state index contributed by atoms with van der Waals surface area (Å²) in [7, 11) is 0. The molecule has 3 nitrogen and oxygen atoms in total. The van der Waals surface area contributed by atoms with Gasteiger partial charge in [0.05, 0.1) is 18.1 Å². The minimum Gasteiger partial charge on any atom is -0.369 e. The molecule has 2 aromatic rings. The Bertz CT molecular complexity index is 398. The second kappa shape index (κ2) is 4.19. The summed E-state index contributed by atoms with van der Waals surface area (Å²) in [5.41, 5.74) is 2.05. The fourth-order valence-corrected chi connectivity index (χ4v) is 1.83. The molecule has 0 atom stereocenters. The Hall–Kier alpha value is -1.42. The van der Waals surface area contributed by atoms with Crippen molar-refractivity contribution in [1.29, 1.82) is 0 Å². The van der Waals surface area contributed by atoms with Crippen molar-refractivity contribution >= 4 is 17.2 Å². The molecule has 0 spiro atoms. The van der Waals surface area contributed by atoms with Gasteiger partial charge in [-0.1, -0.05) is 0 Å². The molecule has 0 aliphatic carbocycles. The predicted octanol–water partition coefficient (Wildman–Crippen LogP) is 2.64. The summed E-state index contributed by atoms with van der Waals surface area (Å²) in [6.45, 7) is 2.90. The second-order valence-corrected chi connectivity index (χ2v) is 3.61. The smallest absolute Gasteiger partial charge is 0.145 e. The molecule has 0 bridgehead atoms. The number of nitrogens with one attached hydrogen (secondary N) is 1. The molecule has 72 valence electrons. The van der Waals surface area contributed by atoms with E-state index in [1.165, 1.54) is 0 Å². The number of hydrogen-bond acceptors (Lipinski definition) is 4. The molecule has 0 saturated carbocycles. The molecule has 2 heterocycles. The standard InChI is InChI=1S/C10H11N3S/c1-2-12-10-6-11-5-9(13-10)8-3-4-14-7-8/h3-7H,2H2,1H3,(H,12,13). The SMILES string of the molecule is CCNc1cncc(-c2ccsc2)n1. The van der Waals surface area contributed by atoms with Crippen molar-refractivity contribution in [2.24, 2.45) is 0 Å². The molecule has 1 N–H and O–H groups in total. The third-order valence-corrected chi connectivity index (χ3v) is 2.49. The van der Waals surface area contributed by atoms with Gasteiger partial charge < -0.3 is 5.32 Å². The number of anilines is 1. The summed E-state index contributed by atoms with van der Waals surface area (Å²) in [6.07, 6.45) is 3.52. The highest BCUT2D eigenvalue weighted by atomic mass is 32.1. The van der Waals surface area contributed by atoms with E-state index in [0.717, 1.165) is 23.6 Å². The highest BCUT2D eigenvalue weighted by Gasteiger charge is 2.00. The van der Waals surface area contributed by atoms with Crippen LogP contribution in [0.3, 0.4) is 0 Å². The maximum Gasteiger partial charge on any atom is 0.145 e. The Balaban J connectivity index is 2.31. The molecule has 0 unspecified atom stereocenters. The van der Waals surface area contributed by atoms with Gasteiger partial charge in [0, 0.05) is 17.5 Å². The van der Waals surface area contributed by atoms with Crippen LogP contribution in [0.1, 0.15) is 6.92 Å². The maximum atomic E-state index is 4.44. The van der Waals surface area contributed by atoms with Crippen molar-refractivity contribution < 1.29 is 0 Å². The molecule has 0 aliphatic rings. The number of nitrogens with zero attached hydrogens (tertiary/aromatic N) is 2. The van der Waals surface area contributed by atoms with Crippen molar-refractivity contribution in [3.05, 3.63) is 29.2 Å². The third kappa shape index (κ3) is 1.90. The normalized spacial score (nSPS) is 10.1. The van der Waals surface area contributed by atoms with Gasteiger partial charge in [-0.25, -0.2) is 4.98 Å². The van der Waals surface area contributed by atoms with Gasteiger partial charge in [0.1, 0.15) is 5.82 Å². The minimum atomic E-state index is 0.830. The van der Waals surface area contributed by atoms with Crippen molar-refractivity contribution in [2.75, 3.05) is 11.9 Å². The van der Waals surface area contributed by atoms with Crippen LogP contribution in [0.2, 0.25) is 0 Å². The average molecular weight is 205 g/mol. The van der Waals surface area contributed by atoms with E-state index in [9.17, 15) is 0 Å². The first-order valence-electron chi connectivity index (χ1n) is 4.48. The number of rotatable bonds is 3. The Labute approximate surface area is 86.8 Å². The van der Waals surface area contributed by atoms with Gasteiger partial charge in [-0.3, -0.25) is 4.98 Å². The van der Waals surface area contributed by atoms with Crippen LogP contribution in [-0.4, -0.2) is 16.5 Å². The van der Waals surface area contributed by atoms with Crippen molar-refractivity contribution in [2.45, 2.75) is 6.92 Å². The molecular formula is C10H11N3S. The summed E-state index contributed by atoms with van der Waals surface area (Å²) < 4.78 is 0. The van der Waals surface area contributed by atoms with Gasteiger partial charge in [0.2, 0.25) is 0 Å². The van der Waals surface area contributed by atoms with Gasteiger partial charge in [-0.15, -0.1) is 0 Å². The van der Waals surface area contributed by atoms with E-state index < -0.39 is 0 Å². The lowest BCUT2D eigenvalue weighted by Gasteiger charge is -2.02. The molecule has 0 aromatic carbocycles. The quantitative estimate of drug-likeness (QED) is 0.837. The van der Waals surface area contributed by atoms with Gasteiger partial charge in [0.15, 0.2) is 0 Å². The lowest BCUT2D eigenvalue weighted by Crippen LogP contribution is -2.00. The van der Waals surface area contributed by atoms with E-state index in [-0.39, 0.29) is 0 Å². The van der Waals surface area contributed by atoms with Gasteiger partial charge in [0.25, 0.3) is 0 Å². The minimum absolute atomic E-state index is 0.830. The molecule has 0 saturated heterocycles. The lowest BCUT2D eigenvalue weighted by atomic mass is 10.2. The predicted molar refractivity (Wildman–Crippen MR) is 59.5 cm³/mol. The number of thiophene rings is 1. The van der Waals surface area contributed by atoms with Crippen LogP contribution < -0.4 is 5.32 Å². The zero-order valence-corrected chi connectivity index (χ0v) is 8.71. The summed E-state index contributed by atoms with van der Waals surface area (Å²) in [5, 5.41) is 7.25. The van der Waals surface area contributed by atoms with Crippen LogP contribution in [0, 0.1) is 0 Å². The molecular weight excluding hydrogens is 194 g/mol. The third-order valence-electron chi connectivity index (χ3n) is 1.81. The fourth-order valence-electron chi connectivity index (χ4n) is 1.18. The van der Waals surface area contributed by atoms with Crippen LogP contribution in [0.25, 0.3) is 11.3 Å². The topological polar surface area (TPSA) is 37.8 Å². The average Bonchev–Trinajstić information content (AvgIpc) is 2.71. The van der Waals surface area contributed by atoms with Crippen molar-refractivity contribution in [3.8, 4) is 11.3 Å². The summed E-state index contributed by atoms with van der Waals surface area (Å²) in [5.74, 6) is 0.830. The van der Waals surface area contributed by atoms with Crippen molar-refractivity contribution in [1.82, 2.24) is 9.97 Å². The zero-order chi connectivity index (χ0) is 9.80. The molecule has 2 rings (SSSR count). The molecule has 2 aromatic heterocycles. The lowest BCUT2D eigenvalue weighted by molar-refractivity contribution is 1.12. The second-order valence-electron chi connectivity index (χ2n) is 2.83. The molecule has 0 radical (unpaired) electrons. The van der Waals surface area contributed by atoms with E-state index in [0.29, 0.717) is 0 Å². The van der Waals surface area contributed by atoms with E-state index in [1.807, 2.05) is 18.4 Å². The first-order valence-corrected chi connectivity index (χ1v) is 5.43. The van der Waals surface area contributed by atoms with Crippen LogP contribution in [0.15, 0.2) is 29.2 Å². The van der Waals surface area contributed by atoms with E-state index in [4.69, 9.17) is 0 Å². The Kier molecular flexibility index (Phi) is 2.74. The van der Waals surface area contributed by atoms with Crippen LogP contribution >= 0.6 is 11.3 Å². The van der Waals surface area contributed by atoms with Crippen LogP contribution in [0.5, 0.6) is 0 Å². The molecule has 0 amide bonds. The molecule has 0 fully saturated rings. The summed E-state index contributed by atoms with van der Waals surface area (Å²) >= 11 is 1.67. The summed E-state index contributed by atoms with van der Waals surface area (Å²) in [6, 6.07) is 2.05. The zero-order valence-electron chi connectivity index (χ0n) is 7.90. The van der Waals surface area contributed by atoms with Gasteiger partial charge in [-0.05, 0) is 18.4 Å². The Morgan fingerprint density at radius 2 is 2.36 bits per heavy atom. The largest absolute Gasteiger partial charge is 0.369 e. The molecule has 14 heavy (non-hydrogen) atoms. The van der Waals surface area contributed by atoms with E-state index in [2.05, 4.69) is 20.7 Å². The Morgan fingerprint density at radius 3 is 3.07 bits per heavy atom. The van der Waals surface area contributed by atoms with Crippen LogP contribution in [0.4, 0.5) is 5.82 Å².